The van der Waals surface area contributed by atoms with Crippen molar-refractivity contribution in [2.45, 2.75) is 20.8 Å². The number of rotatable bonds is 5. The molecule has 1 N–H and O–H groups in total. The molecule has 2 heterocycles. The van der Waals surface area contributed by atoms with Crippen LogP contribution in [-0.4, -0.2) is 41.1 Å². The number of nitro groups is 1. The topological polar surface area (TPSA) is 87.4 Å². The summed E-state index contributed by atoms with van der Waals surface area (Å²) < 4.78 is 0. The fourth-order valence-corrected chi connectivity index (χ4v) is 3.96. The summed E-state index contributed by atoms with van der Waals surface area (Å²) in [7, 11) is 0. The maximum absolute atomic E-state index is 12.0. The predicted molar refractivity (Wildman–Crippen MR) is 123 cm³/mol. The van der Waals surface area contributed by atoms with E-state index in [1.807, 2.05) is 36.1 Å². The van der Waals surface area contributed by atoms with Crippen molar-refractivity contribution in [2.75, 3.05) is 41.3 Å². The molecular formula is C23H26N6O2. The molecule has 0 atom stereocenters. The molecule has 0 saturated carbocycles. The molecule has 31 heavy (non-hydrogen) atoms. The molecule has 0 radical (unpaired) electrons. The van der Waals surface area contributed by atoms with Gasteiger partial charge in [0.15, 0.2) is 0 Å². The van der Waals surface area contributed by atoms with Crippen LogP contribution in [0.4, 0.5) is 28.7 Å². The number of aromatic nitrogens is 2. The van der Waals surface area contributed by atoms with Crippen molar-refractivity contribution in [2.24, 2.45) is 0 Å². The smallest absolute Gasteiger partial charge is 0.353 e. The Morgan fingerprint density at radius 1 is 0.968 bits per heavy atom. The maximum Gasteiger partial charge on any atom is 0.353 e. The Labute approximate surface area is 181 Å². The molecule has 2 aromatic carbocycles. The number of anilines is 4. The van der Waals surface area contributed by atoms with E-state index in [2.05, 4.69) is 52.2 Å². The van der Waals surface area contributed by atoms with Crippen LogP contribution >= 0.6 is 0 Å². The minimum atomic E-state index is -0.398. The van der Waals surface area contributed by atoms with Crippen LogP contribution in [0.5, 0.6) is 0 Å². The number of aryl methyl sites for hydroxylation is 2. The number of nitrogens with zero attached hydrogens (tertiary/aromatic N) is 5. The van der Waals surface area contributed by atoms with Crippen molar-refractivity contribution < 1.29 is 4.92 Å². The third-order valence-corrected chi connectivity index (χ3v) is 5.76. The number of benzene rings is 2. The number of nitrogens with one attached hydrogen (secondary N) is 1. The van der Waals surface area contributed by atoms with Crippen LogP contribution in [-0.2, 0) is 0 Å². The van der Waals surface area contributed by atoms with Crippen LogP contribution in [0.25, 0.3) is 0 Å². The van der Waals surface area contributed by atoms with Gasteiger partial charge >= 0.3 is 5.69 Å². The van der Waals surface area contributed by atoms with Gasteiger partial charge in [-0.05, 0) is 55.7 Å². The van der Waals surface area contributed by atoms with E-state index >= 15 is 0 Å². The van der Waals surface area contributed by atoms with E-state index in [1.165, 1.54) is 23.1 Å². The SMILES string of the molecule is Cc1cccc(Nc2ncnc(N3CCN(c4cccc(C)c4C)CC3)c2[N+](=O)[O-])c1. The summed E-state index contributed by atoms with van der Waals surface area (Å²) in [6.45, 7) is 9.06. The molecule has 1 aromatic heterocycles. The van der Waals surface area contributed by atoms with Crippen LogP contribution < -0.4 is 15.1 Å². The van der Waals surface area contributed by atoms with Gasteiger partial charge in [0.2, 0.25) is 11.6 Å². The fourth-order valence-electron chi connectivity index (χ4n) is 3.96. The Bertz CT molecular complexity index is 1110. The monoisotopic (exact) mass is 418 g/mol. The van der Waals surface area contributed by atoms with Gasteiger partial charge in [0, 0.05) is 37.6 Å². The summed E-state index contributed by atoms with van der Waals surface area (Å²) in [5.74, 6) is 0.563. The first-order valence-electron chi connectivity index (χ1n) is 10.3. The van der Waals surface area contributed by atoms with Gasteiger partial charge in [-0.3, -0.25) is 10.1 Å². The Morgan fingerprint density at radius 3 is 2.39 bits per heavy atom. The molecule has 8 heteroatoms. The lowest BCUT2D eigenvalue weighted by atomic mass is 10.1. The molecular weight excluding hydrogens is 392 g/mol. The Kier molecular flexibility index (Phi) is 5.70. The molecule has 0 spiro atoms. The highest BCUT2D eigenvalue weighted by atomic mass is 16.6. The second kappa shape index (κ2) is 8.59. The standard InChI is InChI=1S/C23H26N6O2/c1-16-6-4-8-19(14-16)26-22-21(29(30)31)23(25-15-24-22)28-12-10-27(11-13-28)20-9-5-7-17(2)18(20)3/h4-9,14-15H,10-13H2,1-3H3,(H,24,25,26). The zero-order valence-electron chi connectivity index (χ0n) is 18.0. The quantitative estimate of drug-likeness (QED) is 0.486. The molecule has 1 fully saturated rings. The zero-order valence-corrected chi connectivity index (χ0v) is 18.0. The maximum atomic E-state index is 12.0. The summed E-state index contributed by atoms with van der Waals surface area (Å²) in [6, 6.07) is 14.0. The summed E-state index contributed by atoms with van der Waals surface area (Å²) in [6.07, 6.45) is 1.39. The molecule has 1 aliphatic heterocycles. The number of piperazine rings is 1. The van der Waals surface area contributed by atoms with Gasteiger partial charge in [0.05, 0.1) is 4.92 Å². The molecule has 0 bridgehead atoms. The Hall–Kier alpha value is -3.68. The highest BCUT2D eigenvalue weighted by Crippen LogP contribution is 2.34. The van der Waals surface area contributed by atoms with Crippen molar-refractivity contribution in [1.82, 2.24) is 9.97 Å². The largest absolute Gasteiger partial charge is 0.368 e. The van der Waals surface area contributed by atoms with Crippen LogP contribution in [0.15, 0.2) is 48.8 Å². The van der Waals surface area contributed by atoms with Crippen LogP contribution in [0.1, 0.15) is 16.7 Å². The third kappa shape index (κ3) is 4.28. The normalized spacial score (nSPS) is 13.9. The van der Waals surface area contributed by atoms with Crippen LogP contribution in [0.3, 0.4) is 0 Å². The molecule has 0 amide bonds. The van der Waals surface area contributed by atoms with E-state index < -0.39 is 4.92 Å². The van der Waals surface area contributed by atoms with E-state index in [1.54, 1.807) is 0 Å². The van der Waals surface area contributed by atoms with Gasteiger partial charge < -0.3 is 15.1 Å². The van der Waals surface area contributed by atoms with E-state index in [9.17, 15) is 10.1 Å². The van der Waals surface area contributed by atoms with Crippen LogP contribution in [0, 0.1) is 30.9 Å². The Morgan fingerprint density at radius 2 is 1.68 bits per heavy atom. The fraction of sp³-hybridized carbons (Fsp3) is 0.304. The molecule has 0 aliphatic carbocycles. The lowest BCUT2D eigenvalue weighted by Crippen LogP contribution is -2.47. The lowest BCUT2D eigenvalue weighted by Gasteiger charge is -2.37. The van der Waals surface area contributed by atoms with Crippen molar-refractivity contribution in [1.29, 1.82) is 0 Å². The molecule has 0 unspecified atom stereocenters. The predicted octanol–water partition coefficient (Wildman–Crippen LogP) is 4.38. The highest BCUT2D eigenvalue weighted by molar-refractivity contribution is 5.75. The van der Waals surface area contributed by atoms with E-state index in [0.29, 0.717) is 18.9 Å². The molecule has 160 valence electrons. The molecule has 3 aromatic rings. The zero-order chi connectivity index (χ0) is 22.0. The van der Waals surface area contributed by atoms with Crippen molar-refractivity contribution >= 4 is 28.7 Å². The van der Waals surface area contributed by atoms with Crippen molar-refractivity contribution in [3.05, 3.63) is 75.6 Å². The van der Waals surface area contributed by atoms with Crippen molar-refractivity contribution in [3.63, 3.8) is 0 Å². The van der Waals surface area contributed by atoms with E-state index in [0.717, 1.165) is 24.3 Å². The molecule has 1 saturated heterocycles. The highest BCUT2D eigenvalue weighted by Gasteiger charge is 2.29. The molecule has 8 nitrogen and oxygen atoms in total. The van der Waals surface area contributed by atoms with Gasteiger partial charge in [-0.25, -0.2) is 9.97 Å². The van der Waals surface area contributed by atoms with Crippen molar-refractivity contribution in [3.8, 4) is 0 Å². The second-order valence-corrected chi connectivity index (χ2v) is 7.84. The Balaban J connectivity index is 1.57. The summed E-state index contributed by atoms with van der Waals surface area (Å²) in [5, 5.41) is 15.1. The van der Waals surface area contributed by atoms with Gasteiger partial charge in [0.1, 0.15) is 6.33 Å². The second-order valence-electron chi connectivity index (χ2n) is 7.84. The average molecular weight is 419 g/mol. The molecule has 1 aliphatic rings. The number of hydrogen-bond acceptors (Lipinski definition) is 7. The van der Waals surface area contributed by atoms with Gasteiger partial charge in [-0.15, -0.1) is 0 Å². The number of hydrogen-bond donors (Lipinski definition) is 1. The minimum absolute atomic E-state index is 0.0933. The van der Waals surface area contributed by atoms with E-state index in [4.69, 9.17) is 0 Å². The summed E-state index contributed by atoms with van der Waals surface area (Å²) in [4.78, 5) is 24.3. The van der Waals surface area contributed by atoms with Gasteiger partial charge in [-0.2, -0.15) is 0 Å². The minimum Gasteiger partial charge on any atom is -0.368 e. The summed E-state index contributed by atoms with van der Waals surface area (Å²) >= 11 is 0. The first-order chi connectivity index (χ1) is 14.9. The first-order valence-corrected chi connectivity index (χ1v) is 10.3. The van der Waals surface area contributed by atoms with Gasteiger partial charge in [0.25, 0.3) is 0 Å². The van der Waals surface area contributed by atoms with Gasteiger partial charge in [-0.1, -0.05) is 24.3 Å². The lowest BCUT2D eigenvalue weighted by molar-refractivity contribution is -0.383. The molecule has 4 rings (SSSR count). The average Bonchev–Trinajstić information content (AvgIpc) is 2.75. The first kappa shape index (κ1) is 20.6. The van der Waals surface area contributed by atoms with E-state index in [-0.39, 0.29) is 11.5 Å². The summed E-state index contributed by atoms with van der Waals surface area (Å²) in [5.41, 5.74) is 5.48. The van der Waals surface area contributed by atoms with Crippen LogP contribution in [0.2, 0.25) is 0 Å². The third-order valence-electron chi connectivity index (χ3n) is 5.76.